The SMILES string of the molecule is CS(=O)(=O)N(Cc1ccc(Sc2ccccc2)o1)[C@@H]1CCS(=O)(=O)C1. The summed E-state index contributed by atoms with van der Waals surface area (Å²) in [6, 6.07) is 12.7. The van der Waals surface area contributed by atoms with E-state index >= 15 is 0 Å². The highest BCUT2D eigenvalue weighted by Crippen LogP contribution is 2.30. The van der Waals surface area contributed by atoms with E-state index in [4.69, 9.17) is 4.42 Å². The molecular formula is C16H19NO5S3. The van der Waals surface area contributed by atoms with Crippen molar-refractivity contribution in [3.8, 4) is 0 Å². The molecule has 2 aromatic rings. The summed E-state index contributed by atoms with van der Waals surface area (Å²) in [5.74, 6) is 0.386. The molecule has 2 heterocycles. The second-order valence-electron chi connectivity index (χ2n) is 6.00. The van der Waals surface area contributed by atoms with Crippen molar-refractivity contribution in [3.05, 3.63) is 48.2 Å². The first-order valence-corrected chi connectivity index (χ1v) is 12.2. The van der Waals surface area contributed by atoms with Crippen LogP contribution in [0.25, 0.3) is 0 Å². The summed E-state index contributed by atoms with van der Waals surface area (Å²) in [6.07, 6.45) is 1.42. The average Bonchev–Trinajstić information content (AvgIpc) is 3.11. The van der Waals surface area contributed by atoms with E-state index < -0.39 is 25.9 Å². The second-order valence-corrected chi connectivity index (χ2v) is 11.2. The van der Waals surface area contributed by atoms with Crippen LogP contribution < -0.4 is 0 Å². The van der Waals surface area contributed by atoms with Gasteiger partial charge in [-0.3, -0.25) is 0 Å². The van der Waals surface area contributed by atoms with Crippen LogP contribution in [0.2, 0.25) is 0 Å². The van der Waals surface area contributed by atoms with Crippen LogP contribution in [0.4, 0.5) is 0 Å². The number of nitrogens with zero attached hydrogens (tertiary/aromatic N) is 1. The highest BCUT2D eigenvalue weighted by Gasteiger charge is 2.36. The molecule has 3 rings (SSSR count). The normalized spacial score (nSPS) is 20.2. The lowest BCUT2D eigenvalue weighted by molar-refractivity contribution is 0.297. The first-order valence-electron chi connectivity index (χ1n) is 7.72. The molecule has 1 fully saturated rings. The van der Waals surface area contributed by atoms with Gasteiger partial charge in [0.15, 0.2) is 14.9 Å². The Hall–Kier alpha value is -1.29. The number of sulfone groups is 1. The predicted molar refractivity (Wildman–Crippen MR) is 96.7 cm³/mol. The Morgan fingerprint density at radius 3 is 2.52 bits per heavy atom. The summed E-state index contributed by atoms with van der Waals surface area (Å²) in [7, 11) is -6.71. The van der Waals surface area contributed by atoms with Crippen molar-refractivity contribution in [2.75, 3.05) is 17.8 Å². The fraction of sp³-hybridized carbons (Fsp3) is 0.375. The number of furan rings is 1. The average molecular weight is 402 g/mol. The van der Waals surface area contributed by atoms with Crippen molar-refractivity contribution in [1.82, 2.24) is 4.31 Å². The molecule has 1 aliphatic heterocycles. The van der Waals surface area contributed by atoms with Gasteiger partial charge in [0.2, 0.25) is 10.0 Å². The topological polar surface area (TPSA) is 84.7 Å². The third-order valence-electron chi connectivity index (χ3n) is 3.95. The smallest absolute Gasteiger partial charge is 0.211 e. The van der Waals surface area contributed by atoms with Crippen LogP contribution in [0.1, 0.15) is 12.2 Å². The first-order chi connectivity index (χ1) is 11.7. The van der Waals surface area contributed by atoms with Crippen LogP contribution in [0.3, 0.4) is 0 Å². The maximum Gasteiger partial charge on any atom is 0.211 e. The lowest BCUT2D eigenvalue weighted by Crippen LogP contribution is -2.39. The van der Waals surface area contributed by atoms with E-state index in [1.54, 1.807) is 12.1 Å². The van der Waals surface area contributed by atoms with Crippen molar-refractivity contribution in [1.29, 1.82) is 0 Å². The first kappa shape index (κ1) is 18.5. The predicted octanol–water partition coefficient (Wildman–Crippen LogP) is 2.38. The fourth-order valence-electron chi connectivity index (χ4n) is 2.78. The molecule has 0 N–H and O–H groups in total. The number of hydrogen-bond acceptors (Lipinski definition) is 6. The molecule has 0 spiro atoms. The molecule has 1 aromatic carbocycles. The zero-order valence-corrected chi connectivity index (χ0v) is 16.1. The molecule has 0 amide bonds. The molecule has 25 heavy (non-hydrogen) atoms. The van der Waals surface area contributed by atoms with E-state index in [-0.39, 0.29) is 18.1 Å². The molecule has 0 radical (unpaired) electrons. The summed E-state index contributed by atoms with van der Waals surface area (Å²) in [5, 5.41) is 0.661. The van der Waals surface area contributed by atoms with Gasteiger partial charge in [-0.25, -0.2) is 16.8 Å². The van der Waals surface area contributed by atoms with Gasteiger partial charge in [-0.15, -0.1) is 0 Å². The zero-order chi connectivity index (χ0) is 18.1. The van der Waals surface area contributed by atoms with Crippen LogP contribution in [0.5, 0.6) is 0 Å². The van der Waals surface area contributed by atoms with Gasteiger partial charge in [-0.2, -0.15) is 4.31 Å². The monoisotopic (exact) mass is 401 g/mol. The molecule has 1 aromatic heterocycles. The number of hydrogen-bond donors (Lipinski definition) is 0. The standard InChI is InChI=1S/C16H19NO5S3/c1-24(18,19)17(13-9-10-25(20,21)12-13)11-14-7-8-16(22-14)23-15-5-3-2-4-6-15/h2-8,13H,9-12H2,1H3/t13-/m1/s1. The molecule has 136 valence electrons. The summed E-state index contributed by atoms with van der Waals surface area (Å²) in [6.45, 7) is 0.0361. The molecule has 1 atom stereocenters. The van der Waals surface area contributed by atoms with E-state index in [1.807, 2.05) is 30.3 Å². The Labute approximate surface area is 152 Å². The van der Waals surface area contributed by atoms with E-state index in [0.29, 0.717) is 17.3 Å². The molecule has 9 heteroatoms. The lowest BCUT2D eigenvalue weighted by Gasteiger charge is -2.24. The third-order valence-corrected chi connectivity index (χ3v) is 7.91. The van der Waals surface area contributed by atoms with Gasteiger partial charge in [-0.05, 0) is 30.7 Å². The van der Waals surface area contributed by atoms with Crippen LogP contribution >= 0.6 is 11.8 Å². The summed E-state index contributed by atoms with van der Waals surface area (Å²) in [5.41, 5.74) is 0. The van der Waals surface area contributed by atoms with Gasteiger partial charge < -0.3 is 4.42 Å². The van der Waals surface area contributed by atoms with E-state index in [1.165, 1.54) is 16.1 Å². The molecule has 0 unspecified atom stereocenters. The summed E-state index contributed by atoms with van der Waals surface area (Å²) in [4.78, 5) is 1.02. The molecule has 0 bridgehead atoms. The van der Waals surface area contributed by atoms with E-state index in [0.717, 1.165) is 11.2 Å². The van der Waals surface area contributed by atoms with E-state index in [2.05, 4.69) is 0 Å². The maximum absolute atomic E-state index is 12.1. The molecule has 0 aliphatic carbocycles. The minimum Gasteiger partial charge on any atom is -0.453 e. The summed E-state index contributed by atoms with van der Waals surface area (Å²) >= 11 is 1.44. The van der Waals surface area contributed by atoms with E-state index in [9.17, 15) is 16.8 Å². The highest BCUT2D eigenvalue weighted by atomic mass is 32.2. The summed E-state index contributed by atoms with van der Waals surface area (Å²) < 4.78 is 54.6. The Balaban J connectivity index is 1.75. The van der Waals surface area contributed by atoms with Crippen molar-refractivity contribution in [2.24, 2.45) is 0 Å². The molecule has 6 nitrogen and oxygen atoms in total. The molecule has 0 saturated carbocycles. The largest absolute Gasteiger partial charge is 0.453 e. The second kappa shape index (κ2) is 7.14. The lowest BCUT2D eigenvalue weighted by atomic mass is 10.2. The zero-order valence-electron chi connectivity index (χ0n) is 13.7. The minimum atomic E-state index is -3.54. The van der Waals surface area contributed by atoms with Gasteiger partial charge in [-0.1, -0.05) is 30.0 Å². The van der Waals surface area contributed by atoms with Crippen molar-refractivity contribution >= 4 is 31.6 Å². The van der Waals surface area contributed by atoms with Gasteiger partial charge in [0.05, 0.1) is 24.3 Å². The molecular weight excluding hydrogens is 382 g/mol. The Bertz CT molecular complexity index is 935. The Kier molecular flexibility index (Phi) is 5.29. The van der Waals surface area contributed by atoms with Crippen LogP contribution in [-0.2, 0) is 26.4 Å². The van der Waals surface area contributed by atoms with Gasteiger partial charge in [0, 0.05) is 10.9 Å². The van der Waals surface area contributed by atoms with Crippen LogP contribution in [0.15, 0.2) is 56.9 Å². The van der Waals surface area contributed by atoms with Crippen molar-refractivity contribution in [2.45, 2.75) is 29.0 Å². The van der Waals surface area contributed by atoms with Crippen LogP contribution in [-0.4, -0.2) is 44.9 Å². The molecule has 1 saturated heterocycles. The van der Waals surface area contributed by atoms with Gasteiger partial charge in [0.1, 0.15) is 5.76 Å². The van der Waals surface area contributed by atoms with Crippen LogP contribution in [0, 0.1) is 0 Å². The van der Waals surface area contributed by atoms with Gasteiger partial charge in [0.25, 0.3) is 0 Å². The Morgan fingerprint density at radius 1 is 1.20 bits per heavy atom. The maximum atomic E-state index is 12.1. The quantitative estimate of drug-likeness (QED) is 0.739. The highest BCUT2D eigenvalue weighted by molar-refractivity contribution is 7.99. The van der Waals surface area contributed by atoms with Crippen molar-refractivity contribution in [3.63, 3.8) is 0 Å². The number of rotatable bonds is 6. The third kappa shape index (κ3) is 4.87. The fourth-order valence-corrected chi connectivity index (χ4v) is 6.49. The number of benzene rings is 1. The Morgan fingerprint density at radius 2 is 1.92 bits per heavy atom. The molecule has 1 aliphatic rings. The minimum absolute atomic E-state index is 0.0248. The number of sulfonamides is 1. The van der Waals surface area contributed by atoms with Crippen molar-refractivity contribution < 1.29 is 21.3 Å². The van der Waals surface area contributed by atoms with Gasteiger partial charge >= 0.3 is 0 Å².